The highest BCUT2D eigenvalue weighted by atomic mass is 127. The molecule has 0 fully saturated rings. The number of aryl methyl sites for hydroxylation is 1. The van der Waals surface area contributed by atoms with Crippen molar-refractivity contribution in [2.75, 3.05) is 16.8 Å². The Hall–Kier alpha value is -3.84. The number of benzene rings is 4. The molecule has 178 valence electrons. The first-order valence-corrected chi connectivity index (χ1v) is 11.9. The second kappa shape index (κ2) is 10.0. The average Bonchev–Trinajstić information content (AvgIpc) is 3.36. The van der Waals surface area contributed by atoms with Gasteiger partial charge in [0.15, 0.2) is 11.0 Å². The predicted octanol–water partition coefficient (Wildman–Crippen LogP) is 3.60. The van der Waals surface area contributed by atoms with Crippen LogP contribution in [0.4, 0.5) is 17.1 Å². The van der Waals surface area contributed by atoms with E-state index in [9.17, 15) is 0 Å². The van der Waals surface area contributed by atoms with E-state index in [0.717, 1.165) is 23.0 Å². The fourth-order valence-electron chi connectivity index (χ4n) is 4.96. The summed E-state index contributed by atoms with van der Waals surface area (Å²) in [5.41, 5.74) is 7.05. The molecule has 0 bridgehead atoms. The highest BCUT2D eigenvalue weighted by Crippen LogP contribution is 2.44. The zero-order valence-corrected chi connectivity index (χ0v) is 22.4. The number of rotatable bonds is 4. The highest BCUT2D eigenvalue weighted by Gasteiger charge is 2.29. The molecule has 1 aromatic heterocycles. The Morgan fingerprint density at radius 2 is 1.25 bits per heavy atom. The highest BCUT2D eigenvalue weighted by molar-refractivity contribution is 5.88. The number of aromatic nitrogens is 2. The molecule has 4 aromatic carbocycles. The molecule has 5 heteroatoms. The largest absolute Gasteiger partial charge is 1.00 e. The van der Waals surface area contributed by atoms with Crippen molar-refractivity contribution in [2.45, 2.75) is 0 Å². The van der Waals surface area contributed by atoms with Crippen molar-refractivity contribution in [2.24, 2.45) is 7.05 Å². The Kier molecular flexibility index (Phi) is 6.65. The SMILES string of the molecule is CN1/C(=C/C=C/c2n(-c3ccccc3)c3ccccc3[n+]2C)N(c2ccccc2)c2ccccc21.[I-]. The third-order valence-electron chi connectivity index (χ3n) is 6.63. The molecule has 0 N–H and O–H groups in total. The van der Waals surface area contributed by atoms with Gasteiger partial charge in [-0.3, -0.25) is 4.90 Å². The maximum absolute atomic E-state index is 2.31. The maximum Gasteiger partial charge on any atom is 0.287 e. The van der Waals surface area contributed by atoms with Gasteiger partial charge in [-0.2, -0.15) is 4.57 Å². The molecule has 36 heavy (non-hydrogen) atoms. The Balaban J connectivity index is 0.00000267. The third-order valence-corrected chi connectivity index (χ3v) is 6.63. The van der Waals surface area contributed by atoms with Crippen LogP contribution in [-0.4, -0.2) is 11.6 Å². The van der Waals surface area contributed by atoms with Crippen LogP contribution in [0.2, 0.25) is 0 Å². The number of hydrogen-bond acceptors (Lipinski definition) is 2. The molecular formula is C31H27IN4. The molecule has 0 atom stereocenters. The van der Waals surface area contributed by atoms with Gasteiger partial charge < -0.3 is 28.9 Å². The van der Waals surface area contributed by atoms with E-state index in [1.54, 1.807) is 0 Å². The van der Waals surface area contributed by atoms with Crippen LogP contribution >= 0.6 is 0 Å². The fourth-order valence-corrected chi connectivity index (χ4v) is 4.96. The number of para-hydroxylation sites is 6. The minimum atomic E-state index is 0. The second-order valence-corrected chi connectivity index (χ2v) is 8.68. The van der Waals surface area contributed by atoms with Gasteiger partial charge in [-0.05, 0) is 54.6 Å². The minimum Gasteiger partial charge on any atom is -1.00 e. The van der Waals surface area contributed by atoms with Crippen LogP contribution in [-0.2, 0) is 7.05 Å². The predicted molar refractivity (Wildman–Crippen MR) is 145 cm³/mol. The van der Waals surface area contributed by atoms with Crippen LogP contribution in [0.1, 0.15) is 5.82 Å². The number of nitrogens with zero attached hydrogens (tertiary/aromatic N) is 4. The Morgan fingerprint density at radius 3 is 1.97 bits per heavy atom. The van der Waals surface area contributed by atoms with Gasteiger partial charge in [0.2, 0.25) is 0 Å². The van der Waals surface area contributed by atoms with Gasteiger partial charge in [0.05, 0.1) is 18.4 Å². The molecule has 5 aromatic rings. The molecule has 0 saturated carbocycles. The standard InChI is InChI=1S/C31H27N4.HI/c1-32-26-18-9-11-20-28(26)34(24-14-5-3-6-15-24)30(32)22-13-23-31-33(2)27-19-10-12-21-29(27)35(31)25-16-7-4-8-17-25;/h3-23H,1-2H3;1H/q+1;/p-1. The van der Waals surface area contributed by atoms with Gasteiger partial charge >= 0.3 is 0 Å². The monoisotopic (exact) mass is 582 g/mol. The summed E-state index contributed by atoms with van der Waals surface area (Å²) in [6.45, 7) is 0. The number of halogens is 1. The van der Waals surface area contributed by atoms with Gasteiger partial charge in [-0.15, -0.1) is 0 Å². The smallest absolute Gasteiger partial charge is 0.287 e. The summed E-state index contributed by atoms with van der Waals surface area (Å²) in [5.74, 6) is 2.22. The molecule has 2 heterocycles. The Bertz CT molecular complexity index is 1570. The van der Waals surface area contributed by atoms with E-state index >= 15 is 0 Å². The van der Waals surface area contributed by atoms with Crippen LogP contribution < -0.4 is 38.3 Å². The van der Waals surface area contributed by atoms with Crippen molar-refractivity contribution in [1.29, 1.82) is 0 Å². The number of anilines is 3. The lowest BCUT2D eigenvalue weighted by Gasteiger charge is -2.22. The third kappa shape index (κ3) is 3.99. The molecule has 4 nitrogen and oxygen atoms in total. The van der Waals surface area contributed by atoms with Gasteiger partial charge in [0.1, 0.15) is 11.5 Å². The van der Waals surface area contributed by atoms with Crippen LogP contribution in [0.5, 0.6) is 0 Å². The molecule has 0 unspecified atom stereocenters. The van der Waals surface area contributed by atoms with E-state index in [1.165, 1.54) is 22.4 Å². The van der Waals surface area contributed by atoms with Crippen molar-refractivity contribution in [3.8, 4) is 5.69 Å². The zero-order valence-electron chi connectivity index (χ0n) is 20.3. The number of hydrogen-bond donors (Lipinski definition) is 0. The minimum absolute atomic E-state index is 0. The maximum atomic E-state index is 2.31. The van der Waals surface area contributed by atoms with Crippen LogP contribution in [0.25, 0.3) is 22.8 Å². The van der Waals surface area contributed by atoms with E-state index in [4.69, 9.17) is 0 Å². The van der Waals surface area contributed by atoms with E-state index in [0.29, 0.717) is 0 Å². The molecular weight excluding hydrogens is 555 g/mol. The quantitative estimate of drug-likeness (QED) is 0.238. The normalized spacial score (nSPS) is 14.0. The molecule has 0 amide bonds. The first kappa shape index (κ1) is 23.9. The van der Waals surface area contributed by atoms with Crippen molar-refractivity contribution >= 4 is 34.2 Å². The fraction of sp³-hybridized carbons (Fsp3) is 0.0645. The summed E-state index contributed by atoms with van der Waals surface area (Å²) in [6, 6.07) is 38.1. The molecule has 0 aliphatic carbocycles. The zero-order chi connectivity index (χ0) is 23.8. The first-order valence-electron chi connectivity index (χ1n) is 11.9. The van der Waals surface area contributed by atoms with E-state index in [1.807, 2.05) is 0 Å². The van der Waals surface area contributed by atoms with Gasteiger partial charge in [0.25, 0.3) is 5.82 Å². The van der Waals surface area contributed by atoms with E-state index in [2.05, 4.69) is 160 Å². The Labute approximate surface area is 229 Å². The Morgan fingerprint density at radius 1 is 0.667 bits per heavy atom. The van der Waals surface area contributed by atoms with E-state index in [-0.39, 0.29) is 24.0 Å². The van der Waals surface area contributed by atoms with Crippen LogP contribution in [0.15, 0.2) is 127 Å². The molecule has 1 aliphatic heterocycles. The summed E-state index contributed by atoms with van der Waals surface area (Å²) in [5, 5.41) is 0. The molecule has 0 saturated heterocycles. The average molecular weight is 582 g/mol. The summed E-state index contributed by atoms with van der Waals surface area (Å²) < 4.78 is 4.56. The van der Waals surface area contributed by atoms with Crippen LogP contribution in [0, 0.1) is 0 Å². The summed E-state index contributed by atoms with van der Waals surface area (Å²) in [7, 11) is 4.25. The van der Waals surface area contributed by atoms with Crippen molar-refractivity contribution < 1.29 is 28.5 Å². The lowest BCUT2D eigenvalue weighted by atomic mass is 10.2. The molecule has 1 aliphatic rings. The summed E-state index contributed by atoms with van der Waals surface area (Å²) in [4.78, 5) is 4.56. The van der Waals surface area contributed by atoms with Gasteiger partial charge in [-0.1, -0.05) is 66.7 Å². The van der Waals surface area contributed by atoms with E-state index < -0.39 is 0 Å². The number of imidazole rings is 1. The van der Waals surface area contributed by atoms with Crippen molar-refractivity contribution in [1.82, 2.24) is 4.57 Å². The summed E-state index contributed by atoms with van der Waals surface area (Å²) in [6.07, 6.45) is 6.54. The van der Waals surface area contributed by atoms with Crippen molar-refractivity contribution in [3.05, 3.63) is 133 Å². The molecule has 6 rings (SSSR count). The van der Waals surface area contributed by atoms with Crippen LogP contribution in [0.3, 0.4) is 0 Å². The second-order valence-electron chi connectivity index (χ2n) is 8.68. The van der Waals surface area contributed by atoms with Gasteiger partial charge in [-0.25, -0.2) is 4.57 Å². The molecule has 0 spiro atoms. The number of allylic oxidation sites excluding steroid dienone is 2. The van der Waals surface area contributed by atoms with Crippen molar-refractivity contribution in [3.63, 3.8) is 0 Å². The summed E-state index contributed by atoms with van der Waals surface area (Å²) >= 11 is 0. The topological polar surface area (TPSA) is 15.3 Å². The first-order chi connectivity index (χ1) is 17.2. The lowest BCUT2D eigenvalue weighted by Crippen LogP contribution is -3.00. The van der Waals surface area contributed by atoms with Gasteiger partial charge in [0, 0.05) is 18.8 Å². The lowest BCUT2D eigenvalue weighted by molar-refractivity contribution is -0.647. The molecule has 0 radical (unpaired) electrons. The number of fused-ring (bicyclic) bond motifs is 2.